The summed E-state index contributed by atoms with van der Waals surface area (Å²) in [5, 5.41) is 0. The number of anilines is 1. The molecular formula is C20H29N7O. The summed E-state index contributed by atoms with van der Waals surface area (Å²) in [5.74, 6) is -0.321. The fourth-order valence-electron chi connectivity index (χ4n) is 4.27. The molecule has 8 heteroatoms. The second-order valence-corrected chi connectivity index (χ2v) is 7.89. The second kappa shape index (κ2) is 8.36. The maximum absolute atomic E-state index is 11.2. The van der Waals surface area contributed by atoms with E-state index < -0.39 is 0 Å². The minimum atomic E-state index is -0.339. The van der Waals surface area contributed by atoms with Crippen molar-refractivity contribution in [1.82, 2.24) is 14.8 Å². The third kappa shape index (κ3) is 4.23. The Morgan fingerprint density at radius 2 is 2.04 bits per heavy atom. The summed E-state index contributed by atoms with van der Waals surface area (Å²) >= 11 is 0. The maximum atomic E-state index is 11.2. The highest BCUT2D eigenvalue weighted by Crippen LogP contribution is 2.20. The van der Waals surface area contributed by atoms with Crippen molar-refractivity contribution in [2.75, 3.05) is 38.5 Å². The lowest BCUT2D eigenvalue weighted by atomic mass is 10.0. The van der Waals surface area contributed by atoms with Crippen molar-refractivity contribution in [1.29, 1.82) is 0 Å². The SMILES string of the molecule is NC(=O)C1CCC(N2CCN(Cc3cnc(C4=NCCC4)c(N)c3)CC2)C=N1. The molecule has 0 aromatic carbocycles. The highest BCUT2D eigenvalue weighted by molar-refractivity contribution is 6.03. The van der Waals surface area contributed by atoms with Gasteiger partial charge in [-0.1, -0.05) is 0 Å². The first-order valence-electron chi connectivity index (χ1n) is 10.2. The molecule has 28 heavy (non-hydrogen) atoms. The van der Waals surface area contributed by atoms with Crippen LogP contribution in [-0.2, 0) is 11.3 Å². The van der Waals surface area contributed by atoms with Crippen LogP contribution in [0.15, 0.2) is 22.2 Å². The van der Waals surface area contributed by atoms with Gasteiger partial charge in [0.15, 0.2) is 0 Å². The number of primary amides is 1. The average molecular weight is 384 g/mol. The fourth-order valence-corrected chi connectivity index (χ4v) is 4.27. The first-order chi connectivity index (χ1) is 13.6. The van der Waals surface area contributed by atoms with E-state index in [-0.39, 0.29) is 11.9 Å². The molecule has 4 N–H and O–H groups in total. The number of nitrogen functional groups attached to an aromatic ring is 1. The Hall–Kier alpha value is -2.32. The number of pyridine rings is 1. The Balaban J connectivity index is 1.29. The minimum Gasteiger partial charge on any atom is -0.397 e. The first-order valence-corrected chi connectivity index (χ1v) is 10.2. The summed E-state index contributed by atoms with van der Waals surface area (Å²) in [5.41, 5.74) is 15.4. The van der Waals surface area contributed by atoms with Gasteiger partial charge in [0.2, 0.25) is 5.91 Å². The van der Waals surface area contributed by atoms with Gasteiger partial charge in [-0.3, -0.25) is 29.6 Å². The van der Waals surface area contributed by atoms with Crippen molar-refractivity contribution >= 4 is 23.5 Å². The number of nitrogens with zero attached hydrogens (tertiary/aromatic N) is 5. The van der Waals surface area contributed by atoms with Crippen molar-refractivity contribution in [3.05, 3.63) is 23.5 Å². The molecule has 1 fully saturated rings. The second-order valence-electron chi connectivity index (χ2n) is 7.89. The molecule has 3 aliphatic heterocycles. The van der Waals surface area contributed by atoms with E-state index in [1.54, 1.807) is 0 Å². The van der Waals surface area contributed by atoms with Crippen LogP contribution in [-0.4, -0.2) is 77.4 Å². The molecular weight excluding hydrogens is 354 g/mol. The average Bonchev–Trinajstić information content (AvgIpc) is 3.23. The number of nitrogens with two attached hydrogens (primary N) is 2. The normalized spacial score (nSPS) is 26.4. The Labute approximate surface area is 165 Å². The van der Waals surface area contributed by atoms with Gasteiger partial charge in [0.25, 0.3) is 0 Å². The topological polar surface area (TPSA) is 113 Å². The van der Waals surface area contributed by atoms with Crippen molar-refractivity contribution in [3.63, 3.8) is 0 Å². The van der Waals surface area contributed by atoms with E-state index in [0.717, 1.165) is 87.6 Å². The first kappa shape index (κ1) is 19.0. The zero-order valence-electron chi connectivity index (χ0n) is 16.3. The smallest absolute Gasteiger partial charge is 0.242 e. The summed E-state index contributed by atoms with van der Waals surface area (Å²) in [7, 11) is 0. The number of hydrogen-bond donors (Lipinski definition) is 2. The van der Waals surface area contributed by atoms with Crippen LogP contribution in [0.4, 0.5) is 5.69 Å². The van der Waals surface area contributed by atoms with Gasteiger partial charge in [-0.25, -0.2) is 0 Å². The number of carbonyl (C=O) groups is 1. The number of amides is 1. The molecule has 1 aromatic heterocycles. The Bertz CT molecular complexity index is 783. The monoisotopic (exact) mass is 383 g/mol. The molecule has 0 bridgehead atoms. The lowest BCUT2D eigenvalue weighted by molar-refractivity contribution is -0.119. The maximum Gasteiger partial charge on any atom is 0.242 e. The predicted octanol–water partition coefficient (Wildman–Crippen LogP) is 0.451. The van der Waals surface area contributed by atoms with Crippen LogP contribution < -0.4 is 11.5 Å². The van der Waals surface area contributed by atoms with E-state index in [9.17, 15) is 4.79 Å². The number of aromatic nitrogens is 1. The third-order valence-electron chi connectivity index (χ3n) is 5.91. The van der Waals surface area contributed by atoms with Crippen molar-refractivity contribution in [3.8, 4) is 0 Å². The van der Waals surface area contributed by atoms with Gasteiger partial charge in [0.1, 0.15) is 11.7 Å². The van der Waals surface area contributed by atoms with Crippen LogP contribution in [0.5, 0.6) is 0 Å². The lowest BCUT2D eigenvalue weighted by Gasteiger charge is -2.39. The van der Waals surface area contributed by atoms with E-state index in [2.05, 4.69) is 24.8 Å². The zero-order valence-corrected chi connectivity index (χ0v) is 16.3. The summed E-state index contributed by atoms with van der Waals surface area (Å²) < 4.78 is 0. The standard InChI is InChI=1S/C20H29N7O/c21-16-10-14(11-25-19(16)17-2-1-5-23-17)13-26-6-8-27(9-7-26)15-3-4-18(20(22)28)24-12-15/h10-12,15,18H,1-9,13,21H2,(H2,22,28). The number of carbonyl (C=O) groups excluding carboxylic acids is 1. The summed E-state index contributed by atoms with van der Waals surface area (Å²) in [6.07, 6.45) is 7.63. The van der Waals surface area contributed by atoms with Gasteiger partial charge in [0, 0.05) is 57.7 Å². The van der Waals surface area contributed by atoms with Gasteiger partial charge in [-0.2, -0.15) is 0 Å². The van der Waals surface area contributed by atoms with Crippen LogP contribution in [0.25, 0.3) is 0 Å². The van der Waals surface area contributed by atoms with Crippen LogP contribution in [0.2, 0.25) is 0 Å². The van der Waals surface area contributed by atoms with Crippen molar-refractivity contribution < 1.29 is 4.79 Å². The van der Waals surface area contributed by atoms with Crippen molar-refractivity contribution in [2.45, 2.75) is 44.3 Å². The van der Waals surface area contributed by atoms with Gasteiger partial charge in [-0.15, -0.1) is 0 Å². The predicted molar refractivity (Wildman–Crippen MR) is 111 cm³/mol. The molecule has 4 rings (SSSR count). The van der Waals surface area contributed by atoms with Gasteiger partial charge < -0.3 is 11.5 Å². The summed E-state index contributed by atoms with van der Waals surface area (Å²) in [4.78, 5) is 29.6. The van der Waals surface area contributed by atoms with Crippen LogP contribution in [0, 0.1) is 0 Å². The molecule has 4 heterocycles. The quantitative estimate of drug-likeness (QED) is 0.766. The Morgan fingerprint density at radius 3 is 2.64 bits per heavy atom. The van der Waals surface area contributed by atoms with E-state index in [0.29, 0.717) is 6.04 Å². The van der Waals surface area contributed by atoms with Gasteiger partial charge >= 0.3 is 0 Å². The summed E-state index contributed by atoms with van der Waals surface area (Å²) in [6.45, 7) is 5.74. The minimum absolute atomic E-state index is 0.321. The molecule has 1 amide bonds. The Kier molecular flexibility index (Phi) is 5.68. The number of aliphatic imine (C=N–C) groups is 2. The van der Waals surface area contributed by atoms with E-state index in [1.165, 1.54) is 0 Å². The lowest BCUT2D eigenvalue weighted by Crippen LogP contribution is -2.51. The van der Waals surface area contributed by atoms with Crippen LogP contribution >= 0.6 is 0 Å². The number of rotatable bonds is 5. The fraction of sp³-hybridized carbons (Fsp3) is 0.600. The van der Waals surface area contributed by atoms with Crippen LogP contribution in [0.3, 0.4) is 0 Å². The molecule has 2 unspecified atom stereocenters. The summed E-state index contributed by atoms with van der Waals surface area (Å²) in [6, 6.07) is 2.03. The molecule has 0 saturated carbocycles. The van der Waals surface area contributed by atoms with Crippen LogP contribution in [0.1, 0.15) is 36.9 Å². The highest BCUT2D eigenvalue weighted by atomic mass is 16.1. The van der Waals surface area contributed by atoms with Gasteiger partial charge in [-0.05, 0) is 37.3 Å². The molecule has 0 radical (unpaired) electrons. The van der Waals surface area contributed by atoms with Crippen molar-refractivity contribution in [2.24, 2.45) is 15.7 Å². The third-order valence-corrected chi connectivity index (χ3v) is 5.91. The highest BCUT2D eigenvalue weighted by Gasteiger charge is 2.27. The molecule has 8 nitrogen and oxygen atoms in total. The molecule has 1 aromatic rings. The van der Waals surface area contributed by atoms with E-state index in [1.807, 2.05) is 18.5 Å². The molecule has 3 aliphatic rings. The largest absolute Gasteiger partial charge is 0.397 e. The molecule has 0 spiro atoms. The Morgan fingerprint density at radius 1 is 1.21 bits per heavy atom. The zero-order chi connectivity index (χ0) is 19.5. The number of piperazine rings is 1. The molecule has 1 saturated heterocycles. The van der Waals surface area contributed by atoms with E-state index >= 15 is 0 Å². The van der Waals surface area contributed by atoms with Gasteiger partial charge in [0.05, 0.1) is 11.4 Å². The molecule has 0 aliphatic carbocycles. The number of hydrogen-bond acceptors (Lipinski definition) is 7. The van der Waals surface area contributed by atoms with E-state index in [4.69, 9.17) is 11.5 Å². The molecule has 2 atom stereocenters. The molecule has 150 valence electrons.